The number of nitrogens with zero attached hydrogens (tertiary/aromatic N) is 1. The van der Waals surface area contributed by atoms with Crippen molar-refractivity contribution in [2.24, 2.45) is 0 Å². The molecule has 1 saturated carbocycles. The summed E-state index contributed by atoms with van der Waals surface area (Å²) in [6.45, 7) is 1.22. The highest BCUT2D eigenvalue weighted by molar-refractivity contribution is 7.99. The average Bonchev–Trinajstić information content (AvgIpc) is 2.73. The molecular weight excluding hydrogens is 208 g/mol. The van der Waals surface area contributed by atoms with E-state index in [0.29, 0.717) is 5.75 Å². The second-order valence-corrected chi connectivity index (χ2v) is 5.24. The van der Waals surface area contributed by atoms with E-state index in [9.17, 15) is 5.11 Å². The third kappa shape index (κ3) is 4.42. The summed E-state index contributed by atoms with van der Waals surface area (Å²) in [4.78, 5) is 0. The smallest absolute Gasteiger partial charge is 0.0808 e. The Morgan fingerprint density at radius 1 is 1.40 bits per heavy atom. The van der Waals surface area contributed by atoms with Gasteiger partial charge >= 0.3 is 0 Å². The second-order valence-electron chi connectivity index (χ2n) is 4.14. The minimum absolute atomic E-state index is 0.0138. The molecule has 1 aliphatic carbocycles. The SMILES string of the molecule is N#CCSCCCNC1(CO)CCCC1. The third-order valence-electron chi connectivity index (χ3n) is 3.00. The van der Waals surface area contributed by atoms with Gasteiger partial charge in [-0.2, -0.15) is 5.26 Å². The predicted octanol–water partition coefficient (Wildman–Crippen LogP) is 1.53. The molecule has 0 bridgehead atoms. The molecular formula is C11H20N2OS. The Morgan fingerprint density at radius 3 is 2.73 bits per heavy atom. The van der Waals surface area contributed by atoms with Crippen molar-refractivity contribution in [3.8, 4) is 6.07 Å². The van der Waals surface area contributed by atoms with Crippen LogP contribution in [0.15, 0.2) is 0 Å². The summed E-state index contributed by atoms with van der Waals surface area (Å²) in [6, 6.07) is 2.12. The number of rotatable bonds is 7. The molecule has 0 aliphatic heterocycles. The number of nitriles is 1. The second kappa shape index (κ2) is 7.10. The molecule has 1 rings (SSSR count). The van der Waals surface area contributed by atoms with Crippen molar-refractivity contribution in [1.29, 1.82) is 5.26 Å². The van der Waals surface area contributed by atoms with E-state index in [4.69, 9.17) is 5.26 Å². The van der Waals surface area contributed by atoms with Crippen molar-refractivity contribution in [1.82, 2.24) is 5.32 Å². The summed E-state index contributed by atoms with van der Waals surface area (Å²) in [5.74, 6) is 1.62. The Balaban J connectivity index is 2.05. The van der Waals surface area contributed by atoms with Crippen molar-refractivity contribution in [3.05, 3.63) is 0 Å². The topological polar surface area (TPSA) is 56.0 Å². The van der Waals surface area contributed by atoms with E-state index in [1.54, 1.807) is 11.8 Å². The molecule has 0 amide bonds. The van der Waals surface area contributed by atoms with Gasteiger partial charge in [0.1, 0.15) is 0 Å². The highest BCUT2D eigenvalue weighted by Gasteiger charge is 2.31. The molecule has 0 radical (unpaired) electrons. The quantitative estimate of drug-likeness (QED) is 0.649. The van der Waals surface area contributed by atoms with Crippen molar-refractivity contribution in [2.45, 2.75) is 37.6 Å². The van der Waals surface area contributed by atoms with Crippen LogP contribution < -0.4 is 5.32 Å². The van der Waals surface area contributed by atoms with Crippen LogP contribution in [0.5, 0.6) is 0 Å². The van der Waals surface area contributed by atoms with Gasteiger partial charge in [-0.25, -0.2) is 0 Å². The van der Waals surface area contributed by atoms with Crippen LogP contribution in [0.4, 0.5) is 0 Å². The maximum Gasteiger partial charge on any atom is 0.0808 e. The molecule has 0 saturated heterocycles. The Labute approximate surface area is 96.2 Å². The molecule has 0 unspecified atom stereocenters. The first-order valence-corrected chi connectivity index (χ1v) is 6.79. The average molecular weight is 228 g/mol. The van der Waals surface area contributed by atoms with Crippen molar-refractivity contribution < 1.29 is 5.11 Å². The highest BCUT2D eigenvalue weighted by atomic mass is 32.2. The Kier molecular flexibility index (Phi) is 6.07. The van der Waals surface area contributed by atoms with Gasteiger partial charge in [-0.15, -0.1) is 11.8 Å². The zero-order valence-corrected chi connectivity index (χ0v) is 9.98. The van der Waals surface area contributed by atoms with Crippen LogP contribution in [-0.4, -0.2) is 35.3 Å². The fourth-order valence-corrected chi connectivity index (χ4v) is 2.67. The Morgan fingerprint density at radius 2 is 2.13 bits per heavy atom. The van der Waals surface area contributed by atoms with E-state index in [-0.39, 0.29) is 12.1 Å². The Hall–Kier alpha value is -0.240. The fourth-order valence-electron chi connectivity index (χ4n) is 2.09. The van der Waals surface area contributed by atoms with E-state index in [0.717, 1.165) is 31.6 Å². The van der Waals surface area contributed by atoms with E-state index < -0.39 is 0 Å². The summed E-state index contributed by atoms with van der Waals surface area (Å²) in [5, 5.41) is 21.2. The van der Waals surface area contributed by atoms with E-state index >= 15 is 0 Å². The van der Waals surface area contributed by atoms with Crippen molar-refractivity contribution >= 4 is 11.8 Å². The number of aliphatic hydroxyl groups is 1. The van der Waals surface area contributed by atoms with Crippen LogP contribution in [-0.2, 0) is 0 Å². The van der Waals surface area contributed by atoms with E-state index in [1.165, 1.54) is 12.8 Å². The monoisotopic (exact) mass is 228 g/mol. The standard InChI is InChI=1S/C11H20N2OS/c12-6-9-15-8-3-7-13-11(10-14)4-1-2-5-11/h13-14H,1-5,7-10H2. The van der Waals surface area contributed by atoms with Crippen molar-refractivity contribution in [2.75, 3.05) is 24.7 Å². The molecule has 2 N–H and O–H groups in total. The lowest BCUT2D eigenvalue weighted by atomic mass is 9.99. The van der Waals surface area contributed by atoms with Gasteiger partial charge in [-0.3, -0.25) is 0 Å². The van der Waals surface area contributed by atoms with Gasteiger partial charge in [0.25, 0.3) is 0 Å². The van der Waals surface area contributed by atoms with E-state index in [1.807, 2.05) is 0 Å². The fraction of sp³-hybridized carbons (Fsp3) is 0.909. The first kappa shape index (κ1) is 12.8. The van der Waals surface area contributed by atoms with Crippen LogP contribution in [0.2, 0.25) is 0 Å². The first-order valence-electron chi connectivity index (χ1n) is 5.63. The highest BCUT2D eigenvalue weighted by Crippen LogP contribution is 2.28. The molecule has 86 valence electrons. The van der Waals surface area contributed by atoms with Crippen LogP contribution >= 0.6 is 11.8 Å². The number of thioether (sulfide) groups is 1. The van der Waals surface area contributed by atoms with Gasteiger partial charge in [0, 0.05) is 5.54 Å². The van der Waals surface area contributed by atoms with Gasteiger partial charge in [0.2, 0.25) is 0 Å². The van der Waals surface area contributed by atoms with Crippen LogP contribution in [0.3, 0.4) is 0 Å². The van der Waals surface area contributed by atoms with Crippen molar-refractivity contribution in [3.63, 3.8) is 0 Å². The zero-order chi connectivity index (χ0) is 11.0. The zero-order valence-electron chi connectivity index (χ0n) is 9.17. The summed E-state index contributed by atoms with van der Waals surface area (Å²) >= 11 is 1.68. The molecule has 0 aromatic rings. The molecule has 0 spiro atoms. The number of aliphatic hydroxyl groups excluding tert-OH is 1. The molecule has 0 atom stereocenters. The maximum atomic E-state index is 9.35. The molecule has 4 heteroatoms. The molecule has 15 heavy (non-hydrogen) atoms. The van der Waals surface area contributed by atoms with Crippen LogP contribution in [0.25, 0.3) is 0 Å². The largest absolute Gasteiger partial charge is 0.394 e. The summed E-state index contributed by atoms with van der Waals surface area (Å²) < 4.78 is 0. The van der Waals surface area contributed by atoms with Gasteiger partial charge in [0.15, 0.2) is 0 Å². The molecule has 3 nitrogen and oxygen atoms in total. The minimum atomic E-state index is 0.0138. The lowest BCUT2D eigenvalue weighted by molar-refractivity contribution is 0.165. The molecule has 0 heterocycles. The van der Waals surface area contributed by atoms with Gasteiger partial charge in [-0.1, -0.05) is 12.8 Å². The molecule has 1 fully saturated rings. The summed E-state index contributed by atoms with van der Waals surface area (Å²) in [7, 11) is 0. The Bertz CT molecular complexity index is 209. The minimum Gasteiger partial charge on any atom is -0.394 e. The summed E-state index contributed by atoms with van der Waals surface area (Å²) in [5.41, 5.74) is 0.0138. The van der Waals surface area contributed by atoms with E-state index in [2.05, 4.69) is 11.4 Å². The predicted molar refractivity (Wildman–Crippen MR) is 63.8 cm³/mol. The number of nitrogens with one attached hydrogen (secondary N) is 1. The number of hydrogen-bond donors (Lipinski definition) is 2. The van der Waals surface area contributed by atoms with Gasteiger partial charge in [-0.05, 0) is 31.6 Å². The van der Waals surface area contributed by atoms with Crippen LogP contribution in [0.1, 0.15) is 32.1 Å². The first-order chi connectivity index (χ1) is 7.33. The van der Waals surface area contributed by atoms with Gasteiger partial charge in [0.05, 0.1) is 18.4 Å². The van der Waals surface area contributed by atoms with Crippen LogP contribution in [0, 0.1) is 11.3 Å². The molecule has 0 aromatic heterocycles. The number of hydrogen-bond acceptors (Lipinski definition) is 4. The maximum absolute atomic E-state index is 9.35. The molecule has 1 aliphatic rings. The van der Waals surface area contributed by atoms with Gasteiger partial charge < -0.3 is 10.4 Å². The molecule has 0 aromatic carbocycles. The summed E-state index contributed by atoms with van der Waals surface area (Å²) in [6.07, 6.45) is 5.76. The lowest BCUT2D eigenvalue weighted by Gasteiger charge is -2.28. The lowest BCUT2D eigenvalue weighted by Crippen LogP contribution is -2.46. The third-order valence-corrected chi connectivity index (χ3v) is 3.91. The normalized spacial score (nSPS) is 18.9.